The van der Waals surface area contributed by atoms with Crippen LogP contribution >= 0.6 is 0 Å². The third-order valence-corrected chi connectivity index (χ3v) is 4.52. The van der Waals surface area contributed by atoms with Gasteiger partial charge in [0.05, 0.1) is 0 Å². The summed E-state index contributed by atoms with van der Waals surface area (Å²) in [5.41, 5.74) is 1.91. The Morgan fingerprint density at radius 1 is 1.27 bits per heavy atom. The lowest BCUT2D eigenvalue weighted by Crippen LogP contribution is -2.23. The molecule has 2 aromatic heterocycles. The maximum absolute atomic E-state index is 12.5. The van der Waals surface area contributed by atoms with Crippen molar-refractivity contribution in [3.8, 4) is 5.88 Å². The fourth-order valence-corrected chi connectivity index (χ4v) is 2.92. The van der Waals surface area contributed by atoms with E-state index in [-0.39, 0.29) is 30.2 Å². The molecule has 1 aliphatic rings. The lowest BCUT2D eigenvalue weighted by Gasteiger charge is -2.12. The highest BCUT2D eigenvalue weighted by molar-refractivity contribution is 5.96. The number of ether oxygens (including phenoxy) is 1. The minimum Gasteiger partial charge on any atom is -0.471 e. The number of rotatable bonds is 10. The second-order valence-corrected chi connectivity index (χ2v) is 7.12. The molecule has 0 aromatic carbocycles. The maximum atomic E-state index is 12.5. The van der Waals surface area contributed by atoms with Crippen molar-refractivity contribution in [2.24, 2.45) is 0 Å². The summed E-state index contributed by atoms with van der Waals surface area (Å²) in [7, 11) is 0. The van der Waals surface area contributed by atoms with E-state index in [0.29, 0.717) is 17.8 Å². The van der Waals surface area contributed by atoms with Crippen molar-refractivity contribution in [1.82, 2.24) is 15.3 Å². The van der Waals surface area contributed by atoms with E-state index < -0.39 is 13.0 Å². The average molecular weight is 418 g/mol. The van der Waals surface area contributed by atoms with Crippen molar-refractivity contribution in [2.45, 2.75) is 51.5 Å². The third kappa shape index (κ3) is 6.20. The van der Waals surface area contributed by atoms with Crippen molar-refractivity contribution >= 4 is 17.6 Å². The van der Waals surface area contributed by atoms with E-state index in [1.807, 2.05) is 13.0 Å². The number of aromatic nitrogens is 2. The number of halogens is 2. The fraction of sp³-hybridized carbons (Fsp3) is 0.429. The van der Waals surface area contributed by atoms with Crippen molar-refractivity contribution in [3.05, 3.63) is 47.3 Å². The Morgan fingerprint density at radius 3 is 2.77 bits per heavy atom. The van der Waals surface area contributed by atoms with Crippen LogP contribution in [-0.2, 0) is 11.3 Å². The number of carbonyl (C=O) groups is 2. The van der Waals surface area contributed by atoms with Gasteiger partial charge in [-0.25, -0.2) is 18.7 Å². The summed E-state index contributed by atoms with van der Waals surface area (Å²) in [6.07, 6.45) is 3.43. The van der Waals surface area contributed by atoms with Crippen molar-refractivity contribution in [2.75, 3.05) is 11.9 Å². The van der Waals surface area contributed by atoms with Crippen LogP contribution < -0.4 is 15.4 Å². The molecule has 30 heavy (non-hydrogen) atoms. The number of amides is 2. The van der Waals surface area contributed by atoms with Crippen LogP contribution in [-0.4, -0.2) is 34.8 Å². The first kappa shape index (κ1) is 21.6. The molecule has 0 radical (unpaired) electrons. The molecule has 2 heterocycles. The van der Waals surface area contributed by atoms with Crippen LogP contribution in [0.4, 0.5) is 14.6 Å². The zero-order chi connectivity index (χ0) is 21.5. The van der Waals surface area contributed by atoms with Gasteiger partial charge in [-0.1, -0.05) is 6.92 Å². The second-order valence-electron chi connectivity index (χ2n) is 7.12. The molecule has 0 unspecified atom stereocenters. The van der Waals surface area contributed by atoms with Crippen LogP contribution in [0, 0.1) is 0 Å². The van der Waals surface area contributed by atoms with Gasteiger partial charge in [0.15, 0.2) is 6.61 Å². The van der Waals surface area contributed by atoms with Gasteiger partial charge in [0, 0.05) is 36.5 Å². The number of nitrogens with one attached hydrogen (secondary N) is 2. The SMILES string of the molecule is CCCC(=O)Nc1cc(C(=O)NCc2cnc(OCC(F)F)c(C3CC3)c2)ccn1. The number of hydrogen-bond acceptors (Lipinski definition) is 5. The molecule has 2 N–H and O–H groups in total. The molecule has 0 aliphatic heterocycles. The predicted molar refractivity (Wildman–Crippen MR) is 107 cm³/mol. The number of nitrogens with zero attached hydrogens (tertiary/aromatic N) is 2. The van der Waals surface area contributed by atoms with Crippen molar-refractivity contribution < 1.29 is 23.1 Å². The quantitative estimate of drug-likeness (QED) is 0.614. The topological polar surface area (TPSA) is 93.2 Å². The first-order valence-electron chi connectivity index (χ1n) is 9.90. The number of pyridine rings is 2. The van der Waals surface area contributed by atoms with E-state index in [9.17, 15) is 18.4 Å². The molecular formula is C21H24F2N4O3. The normalized spacial score (nSPS) is 13.2. The van der Waals surface area contributed by atoms with Gasteiger partial charge in [0.1, 0.15) is 5.82 Å². The first-order chi connectivity index (χ1) is 14.5. The van der Waals surface area contributed by atoms with Crippen LogP contribution in [0.5, 0.6) is 5.88 Å². The van der Waals surface area contributed by atoms with Gasteiger partial charge in [-0.2, -0.15) is 0 Å². The van der Waals surface area contributed by atoms with Crippen molar-refractivity contribution in [3.63, 3.8) is 0 Å². The standard InChI is InChI=1S/C21H24F2N4O3/c1-2-3-19(28)27-18-9-15(6-7-24-18)20(29)25-10-13-8-16(14-4-5-14)21(26-11-13)30-12-17(22)23/h6-9,11,14,17H,2-5,10,12H2,1H3,(H,25,29)(H,24,27,28). The molecule has 0 atom stereocenters. The zero-order valence-corrected chi connectivity index (χ0v) is 16.7. The Morgan fingerprint density at radius 2 is 2.07 bits per heavy atom. The lowest BCUT2D eigenvalue weighted by molar-refractivity contribution is -0.116. The van der Waals surface area contributed by atoms with Crippen molar-refractivity contribution in [1.29, 1.82) is 0 Å². The Bertz CT molecular complexity index is 904. The first-order valence-corrected chi connectivity index (χ1v) is 9.90. The smallest absolute Gasteiger partial charge is 0.272 e. The van der Waals surface area contributed by atoms with Crippen LogP contribution in [0.15, 0.2) is 30.6 Å². The fourth-order valence-electron chi connectivity index (χ4n) is 2.92. The molecule has 9 heteroatoms. The van der Waals surface area contributed by atoms with Crippen LogP contribution in [0.2, 0.25) is 0 Å². The molecule has 1 saturated carbocycles. The van der Waals surface area contributed by atoms with E-state index in [2.05, 4.69) is 20.6 Å². The molecule has 0 spiro atoms. The molecule has 0 bridgehead atoms. The summed E-state index contributed by atoms with van der Waals surface area (Å²) >= 11 is 0. The zero-order valence-electron chi connectivity index (χ0n) is 16.7. The molecule has 160 valence electrons. The van der Waals surface area contributed by atoms with Gasteiger partial charge >= 0.3 is 0 Å². The number of hydrogen-bond donors (Lipinski definition) is 2. The van der Waals surface area contributed by atoms with E-state index in [0.717, 1.165) is 30.4 Å². The summed E-state index contributed by atoms with van der Waals surface area (Å²) in [6, 6.07) is 4.91. The molecule has 2 aromatic rings. The minimum atomic E-state index is -2.56. The molecule has 2 amide bonds. The average Bonchev–Trinajstić information content (AvgIpc) is 3.56. The predicted octanol–water partition coefficient (Wildman–Crippen LogP) is 3.67. The largest absolute Gasteiger partial charge is 0.471 e. The van der Waals surface area contributed by atoms with Gasteiger partial charge in [0.25, 0.3) is 12.3 Å². The molecular weight excluding hydrogens is 394 g/mol. The number of carbonyl (C=O) groups excluding carboxylic acids is 2. The van der Waals surface area contributed by atoms with Crippen LogP contribution in [0.3, 0.4) is 0 Å². The van der Waals surface area contributed by atoms with Gasteiger partial charge in [-0.05, 0) is 48.9 Å². The number of anilines is 1. The Hall–Kier alpha value is -3.10. The Kier molecular flexibility index (Phi) is 7.26. The Balaban J connectivity index is 1.62. The monoisotopic (exact) mass is 418 g/mol. The summed E-state index contributed by atoms with van der Waals surface area (Å²) in [5, 5.41) is 5.45. The lowest BCUT2D eigenvalue weighted by atomic mass is 10.1. The highest BCUT2D eigenvalue weighted by Crippen LogP contribution is 2.43. The molecule has 3 rings (SSSR count). The summed E-state index contributed by atoms with van der Waals surface area (Å²) in [6.45, 7) is 1.43. The van der Waals surface area contributed by atoms with E-state index in [1.54, 1.807) is 6.07 Å². The maximum Gasteiger partial charge on any atom is 0.272 e. The summed E-state index contributed by atoms with van der Waals surface area (Å²) in [5.74, 6) is 0.328. The second kappa shape index (κ2) is 10.1. The number of alkyl halides is 2. The van der Waals surface area contributed by atoms with E-state index in [4.69, 9.17) is 4.74 Å². The highest BCUT2D eigenvalue weighted by Gasteiger charge is 2.28. The van der Waals surface area contributed by atoms with E-state index in [1.165, 1.54) is 18.5 Å². The van der Waals surface area contributed by atoms with Gasteiger partial charge in [0.2, 0.25) is 11.8 Å². The van der Waals surface area contributed by atoms with Gasteiger partial charge in [-0.3, -0.25) is 9.59 Å². The Labute approximate surface area is 173 Å². The van der Waals surface area contributed by atoms with E-state index >= 15 is 0 Å². The third-order valence-electron chi connectivity index (χ3n) is 4.52. The van der Waals surface area contributed by atoms with Gasteiger partial charge in [-0.15, -0.1) is 0 Å². The summed E-state index contributed by atoms with van der Waals surface area (Å²) in [4.78, 5) is 32.4. The van der Waals surface area contributed by atoms with Gasteiger partial charge < -0.3 is 15.4 Å². The van der Waals surface area contributed by atoms with Crippen LogP contribution in [0.25, 0.3) is 0 Å². The molecule has 7 nitrogen and oxygen atoms in total. The summed E-state index contributed by atoms with van der Waals surface area (Å²) < 4.78 is 30.0. The molecule has 1 aliphatic carbocycles. The highest BCUT2D eigenvalue weighted by atomic mass is 19.3. The molecule has 0 saturated heterocycles. The molecule has 1 fully saturated rings. The minimum absolute atomic E-state index is 0.157. The van der Waals surface area contributed by atoms with Crippen LogP contribution in [0.1, 0.15) is 60.0 Å².